The van der Waals surface area contributed by atoms with Crippen LogP contribution in [0.4, 0.5) is 4.79 Å². The van der Waals surface area contributed by atoms with Crippen LogP contribution in [0.5, 0.6) is 0 Å². The maximum absolute atomic E-state index is 11.4. The summed E-state index contributed by atoms with van der Waals surface area (Å²) in [7, 11) is 0. The van der Waals surface area contributed by atoms with Gasteiger partial charge < -0.3 is 19.8 Å². The van der Waals surface area contributed by atoms with Crippen LogP contribution in [0.25, 0.3) is 11.0 Å². The number of amides is 1. The summed E-state index contributed by atoms with van der Waals surface area (Å²) < 4.78 is 10.9. The predicted octanol–water partition coefficient (Wildman–Crippen LogP) is 3.60. The Kier molecular flexibility index (Phi) is 5.82. The van der Waals surface area contributed by atoms with Crippen molar-refractivity contribution in [2.75, 3.05) is 13.1 Å². The first-order valence-electron chi connectivity index (χ1n) is 7.74. The van der Waals surface area contributed by atoms with Gasteiger partial charge in [0.25, 0.3) is 0 Å². The average Bonchev–Trinajstić information content (AvgIpc) is 2.87. The van der Waals surface area contributed by atoms with Crippen LogP contribution in [-0.2, 0) is 11.3 Å². The summed E-state index contributed by atoms with van der Waals surface area (Å²) >= 11 is 0. The number of hydrogen-bond acceptors (Lipinski definition) is 4. The zero-order valence-electron chi connectivity index (χ0n) is 13.9. The Morgan fingerprint density at radius 3 is 2.70 bits per heavy atom. The molecule has 1 aromatic carbocycles. The van der Waals surface area contributed by atoms with Gasteiger partial charge in [-0.3, -0.25) is 0 Å². The minimum Gasteiger partial charge on any atom is -0.460 e. The van der Waals surface area contributed by atoms with Crippen LogP contribution in [0.1, 0.15) is 26.5 Å². The summed E-state index contributed by atoms with van der Waals surface area (Å²) in [6.45, 7) is 7.33. The standard InChI is InChI=1S/C18H24N2O3/c1-18(2,3)23-17(21)20-11-7-6-10-19-13-15-12-14-8-4-5-9-16(14)22-15/h4-9,12,19H,10-11,13H2,1-3H3,(H,20,21)/b7-6+. The van der Waals surface area contributed by atoms with Crippen LogP contribution in [0.3, 0.4) is 0 Å². The number of carbonyl (C=O) groups is 1. The van der Waals surface area contributed by atoms with Crippen molar-refractivity contribution in [1.29, 1.82) is 0 Å². The van der Waals surface area contributed by atoms with Crippen LogP contribution in [-0.4, -0.2) is 24.8 Å². The maximum Gasteiger partial charge on any atom is 0.407 e. The fourth-order valence-electron chi connectivity index (χ4n) is 2.03. The number of para-hydroxylation sites is 1. The van der Waals surface area contributed by atoms with Gasteiger partial charge in [-0.15, -0.1) is 0 Å². The second kappa shape index (κ2) is 7.83. The molecule has 5 heteroatoms. The highest BCUT2D eigenvalue weighted by Crippen LogP contribution is 2.18. The van der Waals surface area contributed by atoms with Crippen molar-refractivity contribution in [3.8, 4) is 0 Å². The first-order chi connectivity index (χ1) is 10.9. The molecule has 0 saturated heterocycles. The molecule has 1 amide bonds. The van der Waals surface area contributed by atoms with E-state index < -0.39 is 11.7 Å². The molecule has 0 unspecified atom stereocenters. The Morgan fingerprint density at radius 1 is 1.22 bits per heavy atom. The number of alkyl carbamates (subject to hydrolysis) is 1. The lowest BCUT2D eigenvalue weighted by Crippen LogP contribution is -2.32. The van der Waals surface area contributed by atoms with E-state index in [-0.39, 0.29) is 0 Å². The second-order valence-electron chi connectivity index (χ2n) is 6.24. The van der Waals surface area contributed by atoms with E-state index in [9.17, 15) is 4.79 Å². The molecule has 1 aromatic heterocycles. The van der Waals surface area contributed by atoms with Gasteiger partial charge in [-0.05, 0) is 32.9 Å². The Hall–Kier alpha value is -2.27. The largest absolute Gasteiger partial charge is 0.460 e. The minimum absolute atomic E-state index is 0.405. The number of fused-ring (bicyclic) bond motifs is 1. The summed E-state index contributed by atoms with van der Waals surface area (Å²) in [5.41, 5.74) is 0.434. The van der Waals surface area contributed by atoms with Crippen molar-refractivity contribution in [3.63, 3.8) is 0 Å². The Labute approximate surface area is 136 Å². The quantitative estimate of drug-likeness (QED) is 0.631. The van der Waals surface area contributed by atoms with Gasteiger partial charge in [-0.2, -0.15) is 0 Å². The molecule has 0 aliphatic carbocycles. The van der Waals surface area contributed by atoms with E-state index in [2.05, 4.69) is 10.6 Å². The number of ether oxygens (including phenoxy) is 1. The minimum atomic E-state index is -0.470. The zero-order chi connectivity index (χ0) is 16.7. The van der Waals surface area contributed by atoms with Crippen molar-refractivity contribution in [2.45, 2.75) is 32.9 Å². The Bertz CT molecular complexity index is 635. The summed E-state index contributed by atoms with van der Waals surface area (Å²) in [5.74, 6) is 0.909. The number of benzene rings is 1. The van der Waals surface area contributed by atoms with Crippen LogP contribution in [0, 0.1) is 0 Å². The number of furan rings is 1. The first-order valence-corrected chi connectivity index (χ1v) is 7.74. The van der Waals surface area contributed by atoms with Gasteiger partial charge in [0.15, 0.2) is 0 Å². The van der Waals surface area contributed by atoms with E-state index in [1.165, 1.54) is 0 Å². The van der Waals surface area contributed by atoms with Gasteiger partial charge in [0.1, 0.15) is 16.9 Å². The predicted molar refractivity (Wildman–Crippen MR) is 91.3 cm³/mol. The number of rotatable bonds is 6. The summed E-state index contributed by atoms with van der Waals surface area (Å²) in [4.78, 5) is 11.4. The highest BCUT2D eigenvalue weighted by Gasteiger charge is 2.14. The molecule has 23 heavy (non-hydrogen) atoms. The Balaban J connectivity index is 1.62. The molecule has 0 fully saturated rings. The smallest absolute Gasteiger partial charge is 0.407 e. The van der Waals surface area contributed by atoms with E-state index in [1.807, 2.05) is 63.3 Å². The van der Waals surface area contributed by atoms with Crippen LogP contribution in [0.15, 0.2) is 46.9 Å². The molecule has 0 aliphatic rings. The molecule has 0 radical (unpaired) electrons. The molecule has 2 aromatic rings. The lowest BCUT2D eigenvalue weighted by atomic mass is 10.2. The van der Waals surface area contributed by atoms with Crippen molar-refractivity contribution in [2.24, 2.45) is 0 Å². The summed E-state index contributed by atoms with van der Waals surface area (Å²) in [6.07, 6.45) is 3.44. The molecular formula is C18H24N2O3. The van der Waals surface area contributed by atoms with Crippen molar-refractivity contribution in [1.82, 2.24) is 10.6 Å². The third-order valence-corrected chi connectivity index (χ3v) is 2.97. The molecule has 0 aliphatic heterocycles. The van der Waals surface area contributed by atoms with E-state index in [0.717, 1.165) is 16.7 Å². The number of nitrogens with one attached hydrogen (secondary N) is 2. The highest BCUT2D eigenvalue weighted by atomic mass is 16.6. The van der Waals surface area contributed by atoms with Crippen molar-refractivity contribution >= 4 is 17.1 Å². The van der Waals surface area contributed by atoms with E-state index in [0.29, 0.717) is 19.6 Å². The molecule has 0 atom stereocenters. The van der Waals surface area contributed by atoms with Crippen LogP contribution >= 0.6 is 0 Å². The molecule has 0 spiro atoms. The maximum atomic E-state index is 11.4. The molecule has 5 nitrogen and oxygen atoms in total. The third-order valence-electron chi connectivity index (χ3n) is 2.97. The molecule has 1 heterocycles. The summed E-state index contributed by atoms with van der Waals surface area (Å²) in [6, 6.07) is 9.99. The van der Waals surface area contributed by atoms with E-state index >= 15 is 0 Å². The van der Waals surface area contributed by atoms with E-state index in [4.69, 9.17) is 9.15 Å². The van der Waals surface area contributed by atoms with Gasteiger partial charge >= 0.3 is 6.09 Å². The lowest BCUT2D eigenvalue weighted by Gasteiger charge is -2.19. The van der Waals surface area contributed by atoms with Gasteiger partial charge in [-0.1, -0.05) is 30.4 Å². The molecule has 0 bridgehead atoms. The lowest BCUT2D eigenvalue weighted by molar-refractivity contribution is 0.0534. The van der Waals surface area contributed by atoms with Gasteiger partial charge in [0.2, 0.25) is 0 Å². The highest BCUT2D eigenvalue weighted by molar-refractivity contribution is 5.77. The number of hydrogen-bond donors (Lipinski definition) is 2. The third kappa shape index (κ3) is 6.16. The van der Waals surface area contributed by atoms with E-state index in [1.54, 1.807) is 0 Å². The van der Waals surface area contributed by atoms with Gasteiger partial charge in [0.05, 0.1) is 6.54 Å². The SMILES string of the molecule is CC(C)(C)OC(=O)NC/C=C/CNCc1cc2ccccc2o1. The monoisotopic (exact) mass is 316 g/mol. The van der Waals surface area contributed by atoms with Crippen LogP contribution < -0.4 is 10.6 Å². The molecule has 124 valence electrons. The van der Waals surface area contributed by atoms with Crippen molar-refractivity contribution < 1.29 is 13.9 Å². The molecule has 2 N–H and O–H groups in total. The number of carbonyl (C=O) groups excluding carboxylic acids is 1. The summed E-state index contributed by atoms with van der Waals surface area (Å²) in [5, 5.41) is 7.05. The molecule has 0 saturated carbocycles. The zero-order valence-corrected chi connectivity index (χ0v) is 13.9. The van der Waals surface area contributed by atoms with Crippen molar-refractivity contribution in [3.05, 3.63) is 48.2 Å². The Morgan fingerprint density at radius 2 is 1.96 bits per heavy atom. The van der Waals surface area contributed by atoms with Gasteiger partial charge in [0, 0.05) is 18.5 Å². The first kappa shape index (κ1) is 17.1. The normalized spacial score (nSPS) is 12.0. The fourth-order valence-corrected chi connectivity index (χ4v) is 2.03. The van der Waals surface area contributed by atoms with Crippen LogP contribution in [0.2, 0.25) is 0 Å². The second-order valence-corrected chi connectivity index (χ2v) is 6.24. The average molecular weight is 316 g/mol. The fraction of sp³-hybridized carbons (Fsp3) is 0.389. The molecular weight excluding hydrogens is 292 g/mol. The van der Waals surface area contributed by atoms with Gasteiger partial charge in [-0.25, -0.2) is 4.79 Å². The topological polar surface area (TPSA) is 63.5 Å². The molecule has 2 rings (SSSR count).